The topological polar surface area (TPSA) is 224 Å². The number of hydrogen-bond donors (Lipinski definition) is 4. The highest BCUT2D eigenvalue weighted by Crippen LogP contribution is 2.48. The van der Waals surface area contributed by atoms with E-state index in [2.05, 4.69) is 53.0 Å². The second-order valence-electron chi connectivity index (χ2n) is 30.9. The number of aromatic nitrogens is 2. The van der Waals surface area contributed by atoms with E-state index in [4.69, 9.17) is 19.5 Å². The van der Waals surface area contributed by atoms with Crippen LogP contribution in [0.15, 0.2) is 170 Å². The standard InChI is InChI=1S/C44H41FN4O4S.C41H36FIN4O4S.C3H7BO2.CH4/c1-27-21-35(41(46-24-27)48-25-44(26-48)16-19-53-20-17-44)42(51)47-31-13-11-29(12-14-31)43(52)49-18-15-30-22-39(54-40(30)33-5-2-3-8-37(33)49)38(50)23-34-32(28-9-10-28)6-4-7-36(34)45;1-25-19-31(38(44-22-25)46-23-41(24-46)14-17-51-18-15-41)39(49)45-28-11-9-26(10-12-28)40(50)47-16-13-27-20-36(52-37(27)29-5-2-3-8-34(29)47)35(48)21-30-32(42)6-4-7-33(30)43;5-4(6)3-1-2-3;/h2-8,11-14,21-22,24,28H,9-10,15-20,23,25-26H2,1H3,(H,47,51);2-12,19-20,22H,13-18,21,23-24H2,1H3,(H,45,49);3,5-6H,1-2H2;1H4. The molecule has 6 aliphatic heterocycles. The number of benzene rings is 6. The number of pyridine rings is 2. The number of aryl methyl sites for hydroxylation is 2. The number of nitrogens with zero attached hydrogens (tertiary/aromatic N) is 6. The number of halogens is 3. The Bertz CT molecular complexity index is 5270. The Labute approximate surface area is 678 Å². The summed E-state index contributed by atoms with van der Waals surface area (Å²) in [4.78, 5) is 103. The highest BCUT2D eigenvalue weighted by Gasteiger charge is 2.47. The van der Waals surface area contributed by atoms with Crippen LogP contribution in [0.2, 0.25) is 5.82 Å². The van der Waals surface area contributed by atoms with Gasteiger partial charge in [-0.2, -0.15) is 0 Å². The zero-order chi connectivity index (χ0) is 77.5. The summed E-state index contributed by atoms with van der Waals surface area (Å²) in [6.45, 7) is 11.3. The largest absolute Gasteiger partial charge is 0.454 e. The summed E-state index contributed by atoms with van der Waals surface area (Å²) >= 11 is 4.88. The second kappa shape index (κ2) is 33.4. The van der Waals surface area contributed by atoms with Gasteiger partial charge >= 0.3 is 7.12 Å². The maximum Gasteiger partial charge on any atom is 0.454 e. The first-order valence-corrected chi connectivity index (χ1v) is 41.1. The van der Waals surface area contributed by atoms with Crippen LogP contribution in [-0.2, 0) is 35.2 Å². The first kappa shape index (κ1) is 78.6. The smallest absolute Gasteiger partial charge is 0.427 e. The van der Waals surface area contributed by atoms with Crippen molar-refractivity contribution in [3.8, 4) is 20.9 Å². The summed E-state index contributed by atoms with van der Waals surface area (Å²) in [5.41, 5.74) is 12.7. The highest BCUT2D eigenvalue weighted by molar-refractivity contribution is 14.1. The van der Waals surface area contributed by atoms with Crippen molar-refractivity contribution in [3.05, 3.63) is 256 Å². The predicted octanol–water partition coefficient (Wildman–Crippen LogP) is 17.3. The lowest BCUT2D eigenvalue weighted by molar-refractivity contribution is -0.000651. The molecular weight excluding hydrogens is 1580 g/mol. The number of amides is 4. The molecule has 2 spiro atoms. The third kappa shape index (κ3) is 17.0. The summed E-state index contributed by atoms with van der Waals surface area (Å²) < 4.78 is 41.3. The molecule has 113 heavy (non-hydrogen) atoms. The number of hydrogen-bond acceptors (Lipinski definition) is 16. The van der Waals surface area contributed by atoms with E-state index < -0.39 is 7.12 Å². The van der Waals surface area contributed by atoms with Gasteiger partial charge in [0.25, 0.3) is 23.6 Å². The van der Waals surface area contributed by atoms with E-state index in [1.807, 2.05) is 92.7 Å². The lowest BCUT2D eigenvalue weighted by Gasteiger charge is -2.53. The van der Waals surface area contributed by atoms with Crippen LogP contribution in [-0.4, -0.2) is 128 Å². The molecule has 2 saturated carbocycles. The molecule has 0 radical (unpaired) electrons. The summed E-state index contributed by atoms with van der Waals surface area (Å²) in [6, 6.07) is 47.1. The van der Waals surface area contributed by atoms with E-state index in [1.165, 1.54) is 34.8 Å². The van der Waals surface area contributed by atoms with Crippen molar-refractivity contribution in [3.63, 3.8) is 0 Å². The molecule has 8 aliphatic rings. The van der Waals surface area contributed by atoms with Gasteiger partial charge in [-0.05, 0) is 236 Å². The Morgan fingerprint density at radius 3 is 1.39 bits per heavy atom. The SMILES string of the molecule is C.Cc1cnc(N2CC3(CCOCC3)C2)c(C(=O)Nc2ccc(C(=O)N3CCc4cc(C(=O)Cc5c(F)cccc5C5CC5)sc4-c4ccccc43)cc2)c1.Cc1cnc(N2CC3(CCOCC3)C2)c(C(=O)Nc2ccc(C(=O)N3CCc4cc(C(=O)Cc5c(F)cccc5I)sc4-c4ccccc43)cc2)c1.OB(O)C1CC1. The number of Topliss-reactive ketones (excluding diaryl/α,β-unsaturated/α-hetero) is 2. The predicted molar refractivity (Wildman–Crippen MR) is 450 cm³/mol. The van der Waals surface area contributed by atoms with Crippen LogP contribution in [0.3, 0.4) is 0 Å². The minimum absolute atomic E-state index is 0. The third-order valence-corrected chi connectivity index (χ3v) is 26.3. The number of carbonyl (C=O) groups is 6. The van der Waals surface area contributed by atoms with E-state index in [0.29, 0.717) is 98.0 Å². The first-order chi connectivity index (χ1) is 54.2. The molecule has 4 N–H and O–H groups in total. The van der Waals surface area contributed by atoms with Crippen LogP contribution < -0.4 is 30.2 Å². The maximum atomic E-state index is 14.9. The molecule has 6 aromatic carbocycles. The van der Waals surface area contributed by atoms with Crippen LogP contribution >= 0.6 is 45.3 Å². The van der Waals surface area contributed by atoms with Gasteiger partial charge in [-0.25, -0.2) is 18.7 Å². The number of ketones is 2. The number of ether oxygens (including phenoxy) is 2. The summed E-state index contributed by atoms with van der Waals surface area (Å²) in [5.74, 6) is 0.249. The molecule has 4 aromatic heterocycles. The van der Waals surface area contributed by atoms with Crippen LogP contribution in [0.25, 0.3) is 20.9 Å². The van der Waals surface area contributed by atoms with Crippen LogP contribution in [0.5, 0.6) is 0 Å². The van der Waals surface area contributed by atoms with Gasteiger partial charge in [-0.15, -0.1) is 22.7 Å². The Kier molecular flexibility index (Phi) is 23.2. The Morgan fingerprint density at radius 1 is 0.549 bits per heavy atom. The quantitative estimate of drug-likeness (QED) is 0.0401. The fraction of sp³-hybridized carbons (Fsp3) is 0.326. The van der Waals surface area contributed by atoms with Gasteiger partial charge in [0.15, 0.2) is 11.6 Å². The average Bonchev–Trinajstić information content (AvgIpc) is 1.63. The molecule has 10 aromatic rings. The number of thiophene rings is 2. The average molecular weight is 1670 g/mol. The number of fused-ring (bicyclic) bond motifs is 6. The minimum atomic E-state index is -1.04. The summed E-state index contributed by atoms with van der Waals surface area (Å²) in [7, 11) is -1.04. The molecule has 10 heterocycles. The van der Waals surface area contributed by atoms with Gasteiger partial charge in [0.05, 0.1) is 32.3 Å². The fourth-order valence-corrected chi connectivity index (χ4v) is 19.2. The number of nitrogens with one attached hydrogen (secondary N) is 2. The highest BCUT2D eigenvalue weighted by atomic mass is 127. The zero-order valence-electron chi connectivity index (χ0n) is 62.2. The van der Waals surface area contributed by atoms with Gasteiger partial charge in [-0.3, -0.25) is 28.8 Å². The zero-order valence-corrected chi connectivity index (χ0v) is 66.0. The van der Waals surface area contributed by atoms with E-state index in [0.717, 1.165) is 168 Å². The van der Waals surface area contributed by atoms with Gasteiger partial charge in [0.2, 0.25) is 0 Å². The van der Waals surface area contributed by atoms with Gasteiger partial charge in [0, 0.05) is 154 Å². The number of anilines is 6. The van der Waals surface area contributed by atoms with Gasteiger partial charge in [0.1, 0.15) is 23.3 Å². The van der Waals surface area contributed by atoms with E-state index in [9.17, 15) is 37.5 Å². The lowest BCUT2D eigenvalue weighted by Crippen LogP contribution is -2.59. The summed E-state index contributed by atoms with van der Waals surface area (Å²) in [6.07, 6.45) is 12.9. The van der Waals surface area contributed by atoms with Gasteiger partial charge in [-0.1, -0.05) is 74.9 Å². The third-order valence-electron chi connectivity index (χ3n) is 22.8. The van der Waals surface area contributed by atoms with E-state index in [-0.39, 0.29) is 83.7 Å². The van der Waals surface area contributed by atoms with Crippen molar-refractivity contribution >= 4 is 122 Å². The molecule has 18 nitrogen and oxygen atoms in total. The Morgan fingerprint density at radius 2 is 0.973 bits per heavy atom. The Hall–Kier alpha value is -9.67. The molecule has 24 heteroatoms. The van der Waals surface area contributed by atoms with Crippen molar-refractivity contribution in [2.75, 3.05) is 95.9 Å². The molecule has 18 rings (SSSR count). The van der Waals surface area contributed by atoms with Crippen molar-refractivity contribution in [2.45, 2.75) is 110 Å². The molecule has 4 saturated heterocycles. The molecule has 4 amide bonds. The molecule has 0 bridgehead atoms. The van der Waals surface area contributed by atoms with E-state index in [1.54, 1.807) is 88.9 Å². The fourth-order valence-electron chi connectivity index (χ4n) is 16.1. The minimum Gasteiger partial charge on any atom is -0.427 e. The number of para-hydroxylation sites is 2. The lowest BCUT2D eigenvalue weighted by atomic mass is 9.73. The van der Waals surface area contributed by atoms with E-state index >= 15 is 0 Å². The van der Waals surface area contributed by atoms with Crippen molar-refractivity contribution in [1.82, 2.24) is 9.97 Å². The molecule has 0 atom stereocenters. The first-order valence-electron chi connectivity index (χ1n) is 38.4. The monoisotopic (exact) mass is 1670 g/mol. The maximum absolute atomic E-state index is 14.9. The summed E-state index contributed by atoms with van der Waals surface area (Å²) in [5, 5.41) is 22.5. The molecule has 2 aliphatic carbocycles. The number of carbonyl (C=O) groups excluding carboxylic acids is 6. The molecule has 0 unspecified atom stereocenters. The van der Waals surface area contributed by atoms with Gasteiger partial charge < -0.3 is 49.8 Å². The van der Waals surface area contributed by atoms with Crippen LogP contribution in [0.1, 0.15) is 164 Å². The van der Waals surface area contributed by atoms with Crippen molar-refractivity contribution < 1.29 is 57.1 Å². The normalized spacial score (nSPS) is 16.8. The molecular formula is C89H88BF2IN8O10S2. The second-order valence-corrected chi connectivity index (χ2v) is 34.1. The van der Waals surface area contributed by atoms with Crippen molar-refractivity contribution in [2.24, 2.45) is 10.8 Å². The van der Waals surface area contributed by atoms with Crippen molar-refractivity contribution in [1.29, 1.82) is 0 Å². The van der Waals surface area contributed by atoms with Crippen LogP contribution in [0, 0.1) is 39.9 Å². The Balaban J connectivity index is 0.000000165. The molecule has 580 valence electrons. The number of rotatable bonds is 16. The van der Waals surface area contributed by atoms with Crippen LogP contribution in [0.4, 0.5) is 43.2 Å². The molecule has 6 fully saturated rings.